The van der Waals surface area contributed by atoms with E-state index in [-0.39, 0.29) is 12.2 Å². The molecule has 0 aromatic heterocycles. The lowest BCUT2D eigenvalue weighted by atomic mass is 10.2. The van der Waals surface area contributed by atoms with Crippen LogP contribution in [0.2, 0.25) is 0 Å². The van der Waals surface area contributed by atoms with E-state index in [1.165, 1.54) is 44.3 Å². The summed E-state index contributed by atoms with van der Waals surface area (Å²) in [4.78, 5) is 14.1. The van der Waals surface area contributed by atoms with Crippen molar-refractivity contribution in [1.82, 2.24) is 9.21 Å². The third-order valence-corrected chi connectivity index (χ3v) is 5.97. The number of methoxy groups -OCH3 is 1. The van der Waals surface area contributed by atoms with Crippen LogP contribution >= 0.6 is 0 Å². The number of carbonyl (C=O) groups excluding carboxylic acids is 1. The minimum Gasteiger partial charge on any atom is -0.496 e. The van der Waals surface area contributed by atoms with Gasteiger partial charge in [0.2, 0.25) is 5.91 Å². The first-order valence-electron chi connectivity index (χ1n) is 8.49. The van der Waals surface area contributed by atoms with E-state index in [0.717, 1.165) is 20.2 Å². The van der Waals surface area contributed by atoms with Crippen LogP contribution in [0.4, 0.5) is 10.1 Å². The van der Waals surface area contributed by atoms with E-state index in [0.29, 0.717) is 5.75 Å². The van der Waals surface area contributed by atoms with Crippen LogP contribution in [-0.2, 0) is 21.5 Å². The topological polar surface area (TPSA) is 70.2 Å². The van der Waals surface area contributed by atoms with Gasteiger partial charge in [-0.15, -0.1) is 0 Å². The molecule has 0 bridgehead atoms. The average molecular weight is 409 g/mol. The Kier molecular flexibility index (Phi) is 6.98. The van der Waals surface area contributed by atoms with Crippen molar-refractivity contribution in [2.24, 2.45) is 0 Å². The van der Waals surface area contributed by atoms with Gasteiger partial charge in [0.1, 0.15) is 18.1 Å². The highest BCUT2D eigenvalue weighted by molar-refractivity contribution is 7.90. The van der Waals surface area contributed by atoms with E-state index < -0.39 is 28.5 Å². The predicted molar refractivity (Wildman–Crippen MR) is 106 cm³/mol. The van der Waals surface area contributed by atoms with Crippen LogP contribution in [0, 0.1) is 5.82 Å². The maximum absolute atomic E-state index is 14.3. The SMILES string of the molecule is COc1ccccc1CN(C)C(=O)CN(c1ccccc1F)S(=O)(=O)N(C)C. The Morgan fingerprint density at radius 3 is 2.25 bits per heavy atom. The molecule has 0 aliphatic heterocycles. The van der Waals surface area contributed by atoms with Gasteiger partial charge in [0.25, 0.3) is 0 Å². The second-order valence-electron chi connectivity index (χ2n) is 6.31. The molecule has 9 heteroatoms. The van der Waals surface area contributed by atoms with Gasteiger partial charge in [-0.3, -0.25) is 4.79 Å². The van der Waals surface area contributed by atoms with Crippen molar-refractivity contribution in [3.8, 4) is 5.75 Å². The molecule has 0 aliphatic carbocycles. The molecule has 152 valence electrons. The number of hydrogen-bond acceptors (Lipinski definition) is 4. The van der Waals surface area contributed by atoms with Crippen LogP contribution < -0.4 is 9.04 Å². The molecule has 2 rings (SSSR count). The fourth-order valence-electron chi connectivity index (χ4n) is 2.56. The second kappa shape index (κ2) is 9.03. The summed E-state index contributed by atoms with van der Waals surface area (Å²) < 4.78 is 46.6. The normalized spacial score (nSPS) is 11.4. The van der Waals surface area contributed by atoms with E-state index in [2.05, 4.69) is 0 Å². The first-order valence-corrected chi connectivity index (χ1v) is 9.88. The molecule has 7 nitrogen and oxygen atoms in total. The zero-order valence-corrected chi connectivity index (χ0v) is 17.1. The molecular weight excluding hydrogens is 385 g/mol. The molecule has 0 unspecified atom stereocenters. The summed E-state index contributed by atoms with van der Waals surface area (Å²) >= 11 is 0. The van der Waals surface area contributed by atoms with Crippen LogP contribution in [0.25, 0.3) is 0 Å². The molecule has 0 aliphatic rings. The number of amides is 1. The number of rotatable bonds is 8. The minimum atomic E-state index is -4.07. The zero-order valence-electron chi connectivity index (χ0n) is 16.3. The summed E-state index contributed by atoms with van der Waals surface area (Å²) in [5.41, 5.74) is 0.587. The van der Waals surface area contributed by atoms with E-state index in [4.69, 9.17) is 4.74 Å². The summed E-state index contributed by atoms with van der Waals surface area (Å²) in [5.74, 6) is -0.596. The summed E-state index contributed by atoms with van der Waals surface area (Å²) in [6.07, 6.45) is 0. The van der Waals surface area contributed by atoms with Gasteiger partial charge in [-0.1, -0.05) is 30.3 Å². The summed E-state index contributed by atoms with van der Waals surface area (Å²) in [6.45, 7) is -0.316. The molecule has 0 atom stereocenters. The predicted octanol–water partition coefficient (Wildman–Crippen LogP) is 2.11. The van der Waals surface area contributed by atoms with Crippen LogP contribution in [0.3, 0.4) is 0 Å². The smallest absolute Gasteiger partial charge is 0.304 e. The van der Waals surface area contributed by atoms with Gasteiger partial charge in [-0.2, -0.15) is 12.7 Å². The second-order valence-corrected chi connectivity index (χ2v) is 8.38. The Morgan fingerprint density at radius 1 is 1.04 bits per heavy atom. The first-order chi connectivity index (χ1) is 13.2. The van der Waals surface area contributed by atoms with Crippen molar-refractivity contribution < 1.29 is 22.3 Å². The Balaban J connectivity index is 2.29. The largest absolute Gasteiger partial charge is 0.496 e. The molecular formula is C19H24FN3O4S. The molecule has 2 aromatic rings. The van der Waals surface area contributed by atoms with Gasteiger partial charge in [0, 0.05) is 33.3 Å². The van der Waals surface area contributed by atoms with Gasteiger partial charge in [0.15, 0.2) is 0 Å². The molecule has 0 saturated heterocycles. The number of ether oxygens (including phenoxy) is 1. The number of hydrogen-bond donors (Lipinski definition) is 0. The van der Waals surface area contributed by atoms with Crippen LogP contribution in [0.5, 0.6) is 5.75 Å². The highest BCUT2D eigenvalue weighted by atomic mass is 32.2. The first kappa shape index (κ1) is 21.6. The summed E-state index contributed by atoms with van der Waals surface area (Å²) in [7, 11) is 1.66. The van der Waals surface area contributed by atoms with Crippen LogP contribution in [-0.4, -0.2) is 58.3 Å². The van der Waals surface area contributed by atoms with Gasteiger partial charge in [-0.05, 0) is 18.2 Å². The lowest BCUT2D eigenvalue weighted by Gasteiger charge is -2.29. The standard InChI is InChI=1S/C19H24FN3O4S/c1-21(2)28(25,26)23(17-11-7-6-10-16(17)20)14-19(24)22(3)13-15-9-5-8-12-18(15)27-4/h5-12H,13-14H2,1-4H3. The van der Waals surface area contributed by atoms with Gasteiger partial charge >= 0.3 is 10.2 Å². The van der Waals surface area contributed by atoms with Crippen molar-refractivity contribution in [1.29, 1.82) is 0 Å². The van der Waals surface area contributed by atoms with Crippen molar-refractivity contribution >= 4 is 21.8 Å². The van der Waals surface area contributed by atoms with Crippen molar-refractivity contribution in [3.05, 3.63) is 59.9 Å². The average Bonchev–Trinajstić information content (AvgIpc) is 2.66. The quantitative estimate of drug-likeness (QED) is 0.670. The molecule has 0 saturated carbocycles. The molecule has 0 N–H and O–H groups in total. The number of benzene rings is 2. The van der Waals surface area contributed by atoms with Gasteiger partial charge < -0.3 is 9.64 Å². The molecule has 0 spiro atoms. The third kappa shape index (κ3) is 4.79. The molecule has 0 heterocycles. The Labute approximate surface area is 165 Å². The Hall–Kier alpha value is -2.65. The van der Waals surface area contributed by atoms with E-state index in [1.807, 2.05) is 18.2 Å². The van der Waals surface area contributed by atoms with Crippen molar-refractivity contribution in [3.63, 3.8) is 0 Å². The number of anilines is 1. The molecule has 0 radical (unpaired) electrons. The van der Waals surface area contributed by atoms with Crippen LogP contribution in [0.15, 0.2) is 48.5 Å². The van der Waals surface area contributed by atoms with Crippen molar-refractivity contribution in [2.45, 2.75) is 6.54 Å². The number of nitrogens with zero attached hydrogens (tertiary/aromatic N) is 3. The molecule has 2 aromatic carbocycles. The lowest BCUT2D eigenvalue weighted by Crippen LogP contribution is -2.46. The molecule has 28 heavy (non-hydrogen) atoms. The number of halogens is 1. The van der Waals surface area contributed by atoms with Crippen molar-refractivity contribution in [2.75, 3.05) is 39.1 Å². The minimum absolute atomic E-state index is 0.185. The number of carbonyl (C=O) groups is 1. The number of para-hydroxylation sites is 2. The van der Waals surface area contributed by atoms with Crippen LogP contribution in [0.1, 0.15) is 5.56 Å². The summed E-state index contributed by atoms with van der Waals surface area (Å²) in [5, 5.41) is 0. The zero-order chi connectivity index (χ0) is 20.9. The Morgan fingerprint density at radius 2 is 1.64 bits per heavy atom. The maximum atomic E-state index is 14.3. The van der Waals surface area contributed by atoms with E-state index in [9.17, 15) is 17.6 Å². The van der Waals surface area contributed by atoms with E-state index in [1.54, 1.807) is 13.1 Å². The highest BCUT2D eigenvalue weighted by Gasteiger charge is 2.30. The molecule has 1 amide bonds. The highest BCUT2D eigenvalue weighted by Crippen LogP contribution is 2.24. The fourth-order valence-corrected chi connectivity index (χ4v) is 3.63. The number of likely N-dealkylation sites (N-methyl/N-ethyl adjacent to an activating group) is 1. The Bertz CT molecular complexity index is 934. The van der Waals surface area contributed by atoms with Gasteiger partial charge in [0.05, 0.1) is 12.8 Å². The molecule has 0 fully saturated rings. The monoisotopic (exact) mass is 409 g/mol. The third-order valence-electron chi connectivity index (χ3n) is 4.17. The summed E-state index contributed by atoms with van der Waals surface area (Å²) in [6, 6.07) is 12.7. The van der Waals surface area contributed by atoms with Gasteiger partial charge in [-0.25, -0.2) is 8.70 Å². The lowest BCUT2D eigenvalue weighted by molar-refractivity contribution is -0.128. The van der Waals surface area contributed by atoms with E-state index >= 15 is 0 Å². The fraction of sp³-hybridized carbons (Fsp3) is 0.316. The maximum Gasteiger partial charge on any atom is 0.304 e.